The summed E-state index contributed by atoms with van der Waals surface area (Å²) in [6.45, 7) is 9.99. The molecule has 1 amide bonds. The number of benzene rings is 2. The van der Waals surface area contributed by atoms with E-state index in [9.17, 15) is 19.5 Å². The van der Waals surface area contributed by atoms with Gasteiger partial charge < -0.3 is 19.1 Å². The smallest absolute Gasteiger partial charge is 0.419 e. The molecule has 0 radical (unpaired) electrons. The predicted octanol–water partition coefficient (Wildman–Crippen LogP) is 5.51. The summed E-state index contributed by atoms with van der Waals surface area (Å²) in [5.41, 5.74) is 4.32. The number of pyridine rings is 2. The standard InChI is InChI=1S/C27H21N3O6.2C2H6/c1-14-17-10-15-12-30-21(11-18-19(25(30)32)13-35-26(33)24(18)31)23(15)28-20(17)8-9-22(14)36-27(34)29(2)16-6-4-3-5-7-16;2*1-2/h3-11,24,31H,12-13H2,1-2H3;2*1-2H3/t24-;;/m0../s1. The van der Waals surface area contributed by atoms with E-state index in [1.165, 1.54) is 4.90 Å². The lowest BCUT2D eigenvalue weighted by atomic mass is 10.00. The molecule has 2 aliphatic heterocycles. The number of nitrogens with zero attached hydrogens (tertiary/aromatic N) is 3. The minimum absolute atomic E-state index is 0.165. The van der Waals surface area contributed by atoms with Crippen LogP contribution in [0, 0.1) is 6.92 Å². The topological polar surface area (TPSA) is 111 Å². The highest BCUT2D eigenvalue weighted by Gasteiger charge is 2.33. The molecule has 0 aliphatic carbocycles. The van der Waals surface area contributed by atoms with Gasteiger partial charge in [-0.15, -0.1) is 0 Å². The van der Waals surface area contributed by atoms with E-state index in [0.29, 0.717) is 34.9 Å². The molecular weight excluding hydrogens is 510 g/mol. The van der Waals surface area contributed by atoms with Gasteiger partial charge in [0.15, 0.2) is 6.10 Å². The van der Waals surface area contributed by atoms with E-state index in [-0.39, 0.29) is 23.3 Å². The van der Waals surface area contributed by atoms with E-state index < -0.39 is 18.2 Å². The number of hydrogen-bond acceptors (Lipinski definition) is 7. The Labute approximate surface area is 232 Å². The Morgan fingerprint density at radius 1 is 1.07 bits per heavy atom. The predicted molar refractivity (Wildman–Crippen MR) is 154 cm³/mol. The van der Waals surface area contributed by atoms with Gasteiger partial charge in [0.05, 0.1) is 29.0 Å². The van der Waals surface area contributed by atoms with Gasteiger partial charge in [-0.25, -0.2) is 14.6 Å². The highest BCUT2D eigenvalue weighted by Crippen LogP contribution is 2.37. The Kier molecular flexibility index (Phi) is 8.35. The zero-order valence-electron chi connectivity index (χ0n) is 23.5. The van der Waals surface area contributed by atoms with Gasteiger partial charge in [0, 0.05) is 34.8 Å². The molecule has 1 atom stereocenters. The fourth-order valence-corrected chi connectivity index (χ4v) is 4.75. The number of aliphatic hydroxyl groups excluding tert-OH is 1. The zero-order valence-corrected chi connectivity index (χ0v) is 23.5. The Morgan fingerprint density at radius 3 is 2.48 bits per heavy atom. The molecule has 4 heterocycles. The minimum Gasteiger partial charge on any atom is -0.458 e. The van der Waals surface area contributed by atoms with Gasteiger partial charge in [0.25, 0.3) is 5.56 Å². The third kappa shape index (κ3) is 4.84. The number of carbonyl (C=O) groups is 2. The lowest BCUT2D eigenvalue weighted by molar-refractivity contribution is -0.157. The van der Waals surface area contributed by atoms with Crippen molar-refractivity contribution in [1.82, 2.24) is 9.55 Å². The molecule has 0 fully saturated rings. The summed E-state index contributed by atoms with van der Waals surface area (Å²) in [7, 11) is 1.65. The van der Waals surface area contributed by atoms with Crippen molar-refractivity contribution in [2.24, 2.45) is 0 Å². The molecule has 9 nitrogen and oxygen atoms in total. The Balaban J connectivity index is 0.000000886. The molecule has 0 unspecified atom stereocenters. The minimum atomic E-state index is -1.50. The Hall–Kier alpha value is -4.50. The molecule has 1 N–H and O–H groups in total. The van der Waals surface area contributed by atoms with Crippen molar-refractivity contribution in [3.8, 4) is 17.1 Å². The van der Waals surface area contributed by atoms with Crippen LogP contribution in [-0.2, 0) is 22.7 Å². The maximum Gasteiger partial charge on any atom is 0.419 e. The molecule has 0 bridgehead atoms. The number of cyclic esters (lactones) is 1. The number of ether oxygens (including phenoxy) is 2. The lowest BCUT2D eigenvalue weighted by Gasteiger charge is -2.21. The number of amides is 1. The van der Waals surface area contributed by atoms with Crippen LogP contribution in [0.1, 0.15) is 56.1 Å². The molecule has 208 valence electrons. The van der Waals surface area contributed by atoms with E-state index in [1.54, 1.807) is 29.8 Å². The third-order valence-corrected chi connectivity index (χ3v) is 6.79. The summed E-state index contributed by atoms with van der Waals surface area (Å²) < 4.78 is 12.2. The maximum absolute atomic E-state index is 13.1. The van der Waals surface area contributed by atoms with E-state index in [2.05, 4.69) is 0 Å². The second-order valence-electron chi connectivity index (χ2n) is 8.88. The molecule has 0 saturated heterocycles. The van der Waals surface area contributed by atoms with Crippen LogP contribution in [0.5, 0.6) is 5.75 Å². The van der Waals surface area contributed by atoms with Crippen molar-refractivity contribution in [1.29, 1.82) is 0 Å². The summed E-state index contributed by atoms with van der Waals surface area (Å²) in [6.07, 6.45) is -2.01. The van der Waals surface area contributed by atoms with Crippen molar-refractivity contribution < 1.29 is 24.2 Å². The second kappa shape index (κ2) is 11.7. The number of esters is 1. The van der Waals surface area contributed by atoms with Gasteiger partial charge in [-0.2, -0.15) is 0 Å². The average molecular weight is 544 g/mol. The summed E-state index contributed by atoms with van der Waals surface area (Å²) >= 11 is 0. The van der Waals surface area contributed by atoms with E-state index in [0.717, 1.165) is 16.5 Å². The number of hydrogen-bond donors (Lipinski definition) is 1. The van der Waals surface area contributed by atoms with Crippen LogP contribution >= 0.6 is 0 Å². The molecule has 6 rings (SSSR count). The first-order chi connectivity index (χ1) is 19.3. The third-order valence-electron chi connectivity index (χ3n) is 6.79. The van der Waals surface area contributed by atoms with Gasteiger partial charge >= 0.3 is 12.1 Å². The van der Waals surface area contributed by atoms with Crippen LogP contribution in [0.3, 0.4) is 0 Å². The monoisotopic (exact) mass is 543 g/mol. The first-order valence-electron chi connectivity index (χ1n) is 13.4. The quantitative estimate of drug-likeness (QED) is 0.292. The molecule has 9 heteroatoms. The van der Waals surface area contributed by atoms with Crippen LogP contribution in [-0.4, -0.2) is 33.8 Å². The zero-order chi connectivity index (χ0) is 29.1. The number of para-hydroxylation sites is 1. The number of carbonyl (C=O) groups excluding carboxylic acids is 2. The molecule has 40 heavy (non-hydrogen) atoms. The van der Waals surface area contributed by atoms with E-state index in [1.807, 2.05) is 71.0 Å². The number of aliphatic hydroxyl groups is 1. The lowest BCUT2D eigenvalue weighted by Crippen LogP contribution is -2.32. The van der Waals surface area contributed by atoms with E-state index in [4.69, 9.17) is 14.5 Å². The number of rotatable bonds is 2. The first kappa shape index (κ1) is 28.5. The van der Waals surface area contributed by atoms with Gasteiger partial charge in [-0.1, -0.05) is 45.9 Å². The molecule has 4 aromatic rings. The molecular formula is C31H33N3O6. The molecule has 0 spiro atoms. The molecule has 2 aromatic carbocycles. The summed E-state index contributed by atoms with van der Waals surface area (Å²) in [6, 6.07) is 16.3. The van der Waals surface area contributed by atoms with Crippen LogP contribution in [0.15, 0.2) is 59.4 Å². The maximum atomic E-state index is 13.1. The molecule has 2 aromatic heterocycles. The van der Waals surface area contributed by atoms with Crippen LogP contribution in [0.2, 0.25) is 0 Å². The summed E-state index contributed by atoms with van der Waals surface area (Å²) in [4.78, 5) is 43.9. The van der Waals surface area contributed by atoms with Gasteiger partial charge in [-0.05, 0) is 43.3 Å². The van der Waals surface area contributed by atoms with Crippen LogP contribution < -0.4 is 15.2 Å². The fraction of sp³-hybridized carbons (Fsp3) is 0.290. The normalized spacial score (nSPS) is 14.4. The summed E-state index contributed by atoms with van der Waals surface area (Å²) in [5, 5.41) is 11.1. The van der Waals surface area contributed by atoms with Crippen molar-refractivity contribution in [2.75, 3.05) is 11.9 Å². The van der Waals surface area contributed by atoms with Gasteiger partial charge in [0.1, 0.15) is 12.4 Å². The SMILES string of the molecule is CC.CC.Cc1c(OC(=O)N(C)c2ccccc2)ccc2nc3c(cc12)Cn1c-3cc2c(c1=O)COC(=O)[C@H]2O. The number of anilines is 1. The van der Waals surface area contributed by atoms with Crippen molar-refractivity contribution in [2.45, 2.75) is 53.9 Å². The Bertz CT molecular complexity index is 1650. The highest BCUT2D eigenvalue weighted by atomic mass is 16.6. The van der Waals surface area contributed by atoms with E-state index >= 15 is 0 Å². The number of aryl methyl sites for hydroxylation is 1. The van der Waals surface area contributed by atoms with Crippen LogP contribution in [0.25, 0.3) is 22.3 Å². The Morgan fingerprint density at radius 2 is 1.77 bits per heavy atom. The highest BCUT2D eigenvalue weighted by molar-refractivity contribution is 5.92. The van der Waals surface area contributed by atoms with Gasteiger partial charge in [-0.3, -0.25) is 9.69 Å². The molecule has 2 aliphatic rings. The first-order valence-corrected chi connectivity index (χ1v) is 13.4. The van der Waals surface area contributed by atoms with Gasteiger partial charge in [0.2, 0.25) is 0 Å². The average Bonchev–Trinajstić information content (AvgIpc) is 3.36. The largest absolute Gasteiger partial charge is 0.458 e. The fourth-order valence-electron chi connectivity index (χ4n) is 4.75. The van der Waals surface area contributed by atoms with Crippen molar-refractivity contribution in [3.05, 3.63) is 87.2 Å². The second-order valence-corrected chi connectivity index (χ2v) is 8.88. The van der Waals surface area contributed by atoms with Crippen LogP contribution in [0.4, 0.5) is 10.5 Å². The summed E-state index contributed by atoms with van der Waals surface area (Å²) in [5.74, 6) is -0.355. The number of fused-ring (bicyclic) bond motifs is 5. The van der Waals surface area contributed by atoms with Crippen molar-refractivity contribution >= 4 is 28.7 Å². The number of aromatic nitrogens is 2. The molecule has 0 saturated carbocycles. The van der Waals surface area contributed by atoms with Crippen molar-refractivity contribution in [3.63, 3.8) is 0 Å².